The molecular weight excluding hydrogens is 665 g/mol. The summed E-state index contributed by atoms with van der Waals surface area (Å²) in [5.74, 6) is 0.433. The molecule has 3 heterocycles. The van der Waals surface area contributed by atoms with Crippen LogP contribution in [0.4, 0.5) is 5.13 Å². The van der Waals surface area contributed by atoms with Crippen LogP contribution in [0.1, 0.15) is 55.5 Å². The fourth-order valence-electron chi connectivity index (χ4n) is 5.39. The highest BCUT2D eigenvalue weighted by Gasteiger charge is 2.48. The van der Waals surface area contributed by atoms with Crippen molar-refractivity contribution in [3.8, 4) is 11.5 Å². The number of ether oxygens (including phenoxy) is 2. The number of ketones is 1. The van der Waals surface area contributed by atoms with Gasteiger partial charge in [0.1, 0.15) is 23.4 Å². The Labute approximate surface area is 285 Å². The van der Waals surface area contributed by atoms with Gasteiger partial charge in [0, 0.05) is 27.8 Å². The summed E-state index contributed by atoms with van der Waals surface area (Å²) in [7, 11) is 0. The van der Waals surface area contributed by atoms with Gasteiger partial charge in [-0.2, -0.15) is 0 Å². The van der Waals surface area contributed by atoms with E-state index in [1.165, 1.54) is 28.0 Å². The van der Waals surface area contributed by atoms with Crippen molar-refractivity contribution in [1.29, 1.82) is 0 Å². The number of fused-ring (bicyclic) bond motifs is 1. The quantitative estimate of drug-likeness (QED) is 0.0579. The third-order valence-electron chi connectivity index (χ3n) is 7.72. The van der Waals surface area contributed by atoms with E-state index in [0.29, 0.717) is 56.0 Å². The van der Waals surface area contributed by atoms with Gasteiger partial charge in [0.05, 0.1) is 18.2 Å². The lowest BCUT2D eigenvalue weighted by atomic mass is 9.94. The number of aromatic nitrogens is 2. The summed E-state index contributed by atoms with van der Waals surface area (Å²) < 4.78 is 12.4. The fraction of sp³-hybridized carbons (Fsp3) is 0.294. The van der Waals surface area contributed by atoms with E-state index in [1.54, 1.807) is 30.3 Å². The lowest BCUT2D eigenvalue weighted by Crippen LogP contribution is -2.29. The molecule has 1 fully saturated rings. The largest absolute Gasteiger partial charge is 0.507 e. The van der Waals surface area contributed by atoms with Crippen LogP contribution in [0.25, 0.3) is 5.76 Å². The predicted octanol–water partition coefficient (Wildman–Crippen LogP) is 8.51. The summed E-state index contributed by atoms with van der Waals surface area (Å²) in [5, 5.41) is 21.6. The highest BCUT2D eigenvalue weighted by atomic mass is 35.5. The average Bonchev–Trinajstić information content (AvgIpc) is 3.71. The molecule has 3 aromatic carbocycles. The van der Waals surface area contributed by atoms with Gasteiger partial charge < -0.3 is 14.6 Å². The van der Waals surface area contributed by atoms with Crippen molar-refractivity contribution in [3.63, 3.8) is 0 Å². The Morgan fingerprint density at radius 2 is 1.96 bits per heavy atom. The molecule has 2 aliphatic rings. The lowest BCUT2D eigenvalue weighted by Gasteiger charge is -2.23. The van der Waals surface area contributed by atoms with Crippen LogP contribution >= 0.6 is 46.3 Å². The summed E-state index contributed by atoms with van der Waals surface area (Å²) in [4.78, 5) is 28.8. The molecule has 0 spiro atoms. The van der Waals surface area contributed by atoms with Crippen molar-refractivity contribution in [3.05, 3.63) is 98.5 Å². The minimum atomic E-state index is -0.964. The molecule has 1 N–H and O–H groups in total. The van der Waals surface area contributed by atoms with E-state index in [0.717, 1.165) is 23.3 Å². The summed E-state index contributed by atoms with van der Waals surface area (Å²) in [6.45, 7) is 6.74. The number of nitrogens with zero attached hydrogens (tertiary/aromatic N) is 3. The average molecular weight is 697 g/mol. The Balaban J connectivity index is 1.37. The molecule has 1 amide bonds. The van der Waals surface area contributed by atoms with Crippen LogP contribution in [0.15, 0.2) is 70.6 Å². The van der Waals surface area contributed by atoms with Crippen molar-refractivity contribution in [2.75, 3.05) is 11.5 Å². The van der Waals surface area contributed by atoms with Crippen LogP contribution in [0, 0.1) is 5.92 Å². The molecule has 2 aliphatic heterocycles. The number of carbonyl (C=O) groups excluding carboxylic acids is 2. The number of halogens is 2. The number of benzene rings is 3. The van der Waals surface area contributed by atoms with Gasteiger partial charge in [-0.1, -0.05) is 78.3 Å². The van der Waals surface area contributed by atoms with Crippen LogP contribution < -0.4 is 14.4 Å². The van der Waals surface area contributed by atoms with Gasteiger partial charge in [0.2, 0.25) is 5.13 Å². The zero-order valence-electron chi connectivity index (χ0n) is 25.3. The van der Waals surface area contributed by atoms with Gasteiger partial charge in [-0.3, -0.25) is 14.5 Å². The molecule has 0 aliphatic carbocycles. The van der Waals surface area contributed by atoms with Gasteiger partial charge in [0.25, 0.3) is 5.78 Å². The van der Waals surface area contributed by atoms with E-state index in [9.17, 15) is 14.7 Å². The molecule has 0 unspecified atom stereocenters. The Bertz CT molecular complexity index is 1840. The van der Waals surface area contributed by atoms with E-state index >= 15 is 0 Å². The highest BCUT2D eigenvalue weighted by Crippen LogP contribution is 2.45. The van der Waals surface area contributed by atoms with Crippen molar-refractivity contribution >= 4 is 68.9 Å². The third-order valence-corrected chi connectivity index (χ3v) is 10.4. The first-order valence-corrected chi connectivity index (χ1v) is 17.4. The number of aliphatic hydroxyl groups excluding tert-OH is 1. The first-order chi connectivity index (χ1) is 22.1. The Morgan fingerprint density at radius 3 is 2.74 bits per heavy atom. The Kier molecular flexibility index (Phi) is 9.61. The first-order valence-electron chi connectivity index (χ1n) is 14.8. The number of carbonyl (C=O) groups is 2. The second-order valence-electron chi connectivity index (χ2n) is 11.6. The molecule has 0 radical (unpaired) electrons. The fourth-order valence-corrected chi connectivity index (χ4v) is 7.82. The number of anilines is 1. The Hall–Kier alpha value is -3.57. The maximum atomic E-state index is 13.7. The molecule has 0 saturated carbocycles. The molecule has 238 valence electrons. The number of aliphatic hydroxyl groups is 1. The van der Waals surface area contributed by atoms with Crippen molar-refractivity contribution in [2.24, 2.45) is 5.92 Å². The maximum absolute atomic E-state index is 13.7. The second kappa shape index (κ2) is 13.7. The molecule has 46 heavy (non-hydrogen) atoms. The van der Waals surface area contributed by atoms with Gasteiger partial charge in [-0.05, 0) is 78.4 Å². The highest BCUT2D eigenvalue weighted by molar-refractivity contribution is 8.00. The van der Waals surface area contributed by atoms with E-state index in [2.05, 4.69) is 24.0 Å². The van der Waals surface area contributed by atoms with Crippen LogP contribution in [0.2, 0.25) is 10.0 Å². The normalized spacial score (nSPS) is 18.7. The second-order valence-corrected chi connectivity index (χ2v) is 14.6. The summed E-state index contributed by atoms with van der Waals surface area (Å²) in [6.07, 6.45) is 1.56. The topological polar surface area (TPSA) is 102 Å². The Morgan fingerprint density at radius 1 is 1.13 bits per heavy atom. The van der Waals surface area contributed by atoms with E-state index in [4.69, 9.17) is 32.7 Å². The van der Waals surface area contributed by atoms with Crippen molar-refractivity contribution in [1.82, 2.24) is 10.2 Å². The minimum absolute atomic E-state index is 0.0107. The molecule has 4 aromatic rings. The van der Waals surface area contributed by atoms with Gasteiger partial charge in [-0.15, -0.1) is 10.2 Å². The number of hydrogen-bond donors (Lipinski definition) is 1. The summed E-state index contributed by atoms with van der Waals surface area (Å²) in [6, 6.07) is 16.9. The number of Topliss-reactive ketones (excluding diaryl/α,β-unsaturated/α-hetero) is 1. The first kappa shape index (κ1) is 32.4. The van der Waals surface area contributed by atoms with E-state index in [-0.39, 0.29) is 22.6 Å². The lowest BCUT2D eigenvalue weighted by molar-refractivity contribution is -0.132. The van der Waals surface area contributed by atoms with E-state index < -0.39 is 17.7 Å². The van der Waals surface area contributed by atoms with Crippen LogP contribution in [-0.2, 0) is 21.8 Å². The molecule has 1 saturated heterocycles. The summed E-state index contributed by atoms with van der Waals surface area (Å²) in [5.41, 5.74) is 2.79. The third kappa shape index (κ3) is 6.76. The van der Waals surface area contributed by atoms with Crippen LogP contribution in [0.5, 0.6) is 11.5 Å². The minimum Gasteiger partial charge on any atom is -0.507 e. The molecular formula is C34H31Cl2N3O5S2. The smallest absolute Gasteiger partial charge is 0.301 e. The molecule has 6 rings (SSSR count). The zero-order chi connectivity index (χ0) is 32.5. The van der Waals surface area contributed by atoms with Gasteiger partial charge >= 0.3 is 5.91 Å². The monoisotopic (exact) mass is 695 g/mol. The standard InChI is InChI=1S/C34H31Cl2N3O5S2/c1-18(2)11-12-43-25-6-4-5-20(15-25)29-28(30(40)21-8-10-27-23(14-21)13-19(3)44-27)31(41)32(42)39(29)33-37-38-34(46-33)45-17-22-7-9-24(35)16-26(22)36/h4-10,14-16,18-19,29,40H,11-13,17H2,1-3H3/t19-,29+/m1/s1. The number of thioether (sulfide) groups is 1. The number of amides is 1. The van der Waals surface area contributed by atoms with Crippen LogP contribution in [-0.4, -0.2) is 39.7 Å². The van der Waals surface area contributed by atoms with E-state index in [1.807, 2.05) is 37.3 Å². The van der Waals surface area contributed by atoms with Crippen molar-refractivity contribution < 1.29 is 24.2 Å². The van der Waals surface area contributed by atoms with Crippen LogP contribution in [0.3, 0.4) is 0 Å². The maximum Gasteiger partial charge on any atom is 0.301 e. The van der Waals surface area contributed by atoms with Gasteiger partial charge in [-0.25, -0.2) is 0 Å². The molecule has 1 aromatic heterocycles. The molecule has 2 atom stereocenters. The number of hydrogen-bond acceptors (Lipinski definition) is 9. The summed E-state index contributed by atoms with van der Waals surface area (Å²) >= 11 is 15.0. The zero-order valence-corrected chi connectivity index (χ0v) is 28.5. The molecule has 12 heteroatoms. The number of rotatable bonds is 10. The molecule has 0 bridgehead atoms. The van der Waals surface area contributed by atoms with Crippen molar-refractivity contribution in [2.45, 2.75) is 55.9 Å². The predicted molar refractivity (Wildman–Crippen MR) is 182 cm³/mol. The van der Waals surface area contributed by atoms with Gasteiger partial charge in [0.15, 0.2) is 4.34 Å². The SMILES string of the molecule is CC(C)CCOc1cccc([C@H]2C(=C(O)c3ccc4c(c3)C[C@@H](C)O4)C(=O)C(=O)N2c2nnc(SCc3ccc(Cl)cc3Cl)s2)c1. The molecule has 8 nitrogen and oxygen atoms in total.